The van der Waals surface area contributed by atoms with E-state index in [9.17, 15) is 97.0 Å². The van der Waals surface area contributed by atoms with E-state index in [1.54, 1.807) is 26.0 Å². The fraction of sp³-hybridized carbons (Fsp3) is 0.0392. The van der Waals surface area contributed by atoms with Gasteiger partial charge in [0.1, 0.15) is 19.6 Å². The molecule has 8 aromatic rings. The fourth-order valence-corrected chi connectivity index (χ4v) is 12.8. The molecule has 36 heteroatoms. The zero-order valence-electron chi connectivity index (χ0n) is 44.3. The topological polar surface area (TPSA) is 467 Å². The maximum atomic E-state index is 13.7. The first kappa shape index (κ1) is 66.8. The number of nitrogens with one attached hydrogen (secondary N) is 6. The molecule has 28 nitrogen and oxygen atoms in total. The summed E-state index contributed by atoms with van der Waals surface area (Å²) in [6, 6.07) is 24.5. The van der Waals surface area contributed by atoms with Crippen LogP contribution in [0.2, 0.25) is 0 Å². The van der Waals surface area contributed by atoms with E-state index in [4.69, 9.17) is 12.2 Å². The second kappa shape index (κ2) is 24.8. The summed E-state index contributed by atoms with van der Waals surface area (Å²) in [6.07, 6.45) is 0. The molecule has 1 radical (unpaired) electrons. The third-order valence-electron chi connectivity index (χ3n) is 12.5. The van der Waals surface area contributed by atoms with Crippen LogP contribution in [-0.4, -0.2) is 136 Å². The Bertz CT molecular complexity index is 4720. The van der Waals surface area contributed by atoms with Gasteiger partial charge in [-0.15, -0.1) is 0 Å². The molecule has 12 N–H and O–H groups in total. The molecule has 0 aliphatic rings. The maximum Gasteiger partial charge on any atom is 0.295 e. The first-order chi connectivity index (χ1) is 39.8. The molecule has 0 fully saturated rings. The largest absolute Gasteiger partial charge is 0.332 e. The summed E-state index contributed by atoms with van der Waals surface area (Å²) in [6.45, 7) is 3.17. The Balaban J connectivity index is 0.0000108. The molecule has 0 atom stereocenters. The molecule has 449 valence electrons. The summed E-state index contributed by atoms with van der Waals surface area (Å²) in [7, 11) is -31.8. The second-order valence-electron chi connectivity index (χ2n) is 18.4. The van der Waals surface area contributed by atoms with Gasteiger partial charge in [-0.2, -0.15) is 50.5 Å². The summed E-state index contributed by atoms with van der Waals surface area (Å²) in [5.74, 6) is -3.38. The number of thiocarbonyl (C=S) groups is 1. The smallest absolute Gasteiger partial charge is 0.295 e. The number of carbonyl (C=O) groups is 4. The fourth-order valence-electron chi connectivity index (χ4n) is 8.50. The van der Waals surface area contributed by atoms with Gasteiger partial charge < -0.3 is 31.9 Å². The monoisotopic (exact) mass is 1340 g/mol. The van der Waals surface area contributed by atoms with Crippen LogP contribution in [0.15, 0.2) is 163 Å². The van der Waals surface area contributed by atoms with Gasteiger partial charge in [0.2, 0.25) is 0 Å². The Morgan fingerprint density at radius 3 is 0.966 bits per heavy atom. The molecule has 8 aromatic carbocycles. The van der Waals surface area contributed by atoms with Crippen LogP contribution in [0, 0.1) is 13.8 Å². The van der Waals surface area contributed by atoms with Crippen molar-refractivity contribution in [3.05, 3.63) is 167 Å². The number of anilines is 6. The Morgan fingerprint density at radius 2 is 0.655 bits per heavy atom. The van der Waals surface area contributed by atoms with E-state index in [0.717, 1.165) is 12.1 Å². The van der Waals surface area contributed by atoms with Crippen molar-refractivity contribution >= 4 is 187 Å². The molecule has 0 spiro atoms. The summed E-state index contributed by atoms with van der Waals surface area (Å²) < 4.78 is 206. The van der Waals surface area contributed by atoms with Gasteiger partial charge in [0.15, 0.2) is 5.11 Å². The van der Waals surface area contributed by atoms with E-state index in [2.05, 4.69) is 31.9 Å². The zero-order valence-corrected chi connectivity index (χ0v) is 52.0. The van der Waals surface area contributed by atoms with Crippen molar-refractivity contribution < 1.29 is 97.0 Å². The van der Waals surface area contributed by atoms with Crippen molar-refractivity contribution in [2.24, 2.45) is 0 Å². The predicted octanol–water partition coefficient (Wildman–Crippen LogP) is 6.53. The van der Waals surface area contributed by atoms with E-state index in [1.165, 1.54) is 72.8 Å². The van der Waals surface area contributed by atoms with Crippen molar-refractivity contribution in [2.75, 3.05) is 31.9 Å². The van der Waals surface area contributed by atoms with Crippen LogP contribution in [0.1, 0.15) is 52.6 Å². The third kappa shape index (κ3) is 15.4. The third-order valence-corrected chi connectivity index (χ3v) is 17.9. The van der Waals surface area contributed by atoms with Crippen molar-refractivity contribution in [2.45, 2.75) is 43.2 Å². The number of hydrogen-bond donors (Lipinski definition) is 12. The van der Waals surface area contributed by atoms with Crippen LogP contribution in [0.5, 0.6) is 0 Å². The van der Waals surface area contributed by atoms with Gasteiger partial charge in [0.05, 0.1) is 21.2 Å². The van der Waals surface area contributed by atoms with Gasteiger partial charge in [0.25, 0.3) is 84.3 Å². The van der Waals surface area contributed by atoms with Crippen LogP contribution in [0.4, 0.5) is 34.1 Å². The van der Waals surface area contributed by atoms with Crippen molar-refractivity contribution in [1.29, 1.82) is 0 Å². The van der Waals surface area contributed by atoms with Crippen molar-refractivity contribution in [1.82, 2.24) is 0 Å². The molecule has 0 aliphatic heterocycles. The number of fused-ring (bicyclic) bond motifs is 2. The summed E-state index contributed by atoms with van der Waals surface area (Å²) in [5, 5.41) is 12.7. The SMILES string of the molecule is Cc1ccc(C(=O)Nc2ccc(S(=O)(=O)O)c3cc(S(=O)(=O)O)cc(S(=O)(=O)O)c23)cc1NC(=O)c1cccc(NC(=S)Nc2cccc(C(=O)Nc3cc(C(=O)Nc4ccc(S(=O)(=O)O)c5cc(S(=O)(=O)O)cc(S(=O)(=O)O)c45)ccc3C)c2)c1.[Na]. The molecule has 0 heterocycles. The van der Waals surface area contributed by atoms with Crippen LogP contribution >= 0.6 is 12.2 Å². The Labute approximate surface area is 521 Å². The van der Waals surface area contributed by atoms with Crippen LogP contribution in [0.25, 0.3) is 21.5 Å². The van der Waals surface area contributed by atoms with E-state index >= 15 is 0 Å². The molecule has 4 amide bonds. The molecule has 0 saturated carbocycles. The predicted molar refractivity (Wildman–Crippen MR) is 319 cm³/mol. The zero-order chi connectivity index (χ0) is 63.4. The molecule has 8 rings (SSSR count). The number of rotatable bonds is 16. The summed E-state index contributed by atoms with van der Waals surface area (Å²) in [4.78, 5) is 47.7. The van der Waals surface area contributed by atoms with Crippen LogP contribution < -0.4 is 31.9 Å². The van der Waals surface area contributed by atoms with Gasteiger partial charge in [-0.25, -0.2) is 0 Å². The number of hydrogen-bond acceptors (Lipinski definition) is 17. The molecule has 0 unspecified atom stereocenters. The first-order valence-electron chi connectivity index (χ1n) is 23.6. The van der Waals surface area contributed by atoms with Crippen molar-refractivity contribution in [3.63, 3.8) is 0 Å². The number of aryl methyl sites for hydroxylation is 2. The van der Waals surface area contributed by atoms with Gasteiger partial charge in [-0.05, 0) is 146 Å². The molecular formula is C51H40N6NaO22S7. The van der Waals surface area contributed by atoms with Gasteiger partial charge in [-0.1, -0.05) is 24.3 Å². The average Bonchev–Trinajstić information content (AvgIpc) is 0.808. The number of carbonyl (C=O) groups excluding carboxylic acids is 4. The van der Waals surface area contributed by atoms with E-state index in [0.29, 0.717) is 58.9 Å². The van der Waals surface area contributed by atoms with E-state index in [-0.39, 0.29) is 68.3 Å². The number of amides is 4. The maximum absolute atomic E-state index is 13.7. The number of benzene rings is 8. The summed E-state index contributed by atoms with van der Waals surface area (Å²) >= 11 is 5.51. The first-order valence-corrected chi connectivity index (χ1v) is 32.6. The Hall–Kier alpha value is -7.69. The normalized spacial score (nSPS) is 12.1. The van der Waals surface area contributed by atoms with Crippen LogP contribution in [0.3, 0.4) is 0 Å². The Kier molecular flexibility index (Phi) is 19.1. The minimum absolute atomic E-state index is 0. The van der Waals surface area contributed by atoms with Crippen molar-refractivity contribution in [3.8, 4) is 0 Å². The second-order valence-corrected chi connectivity index (χ2v) is 27.2. The molecule has 0 bridgehead atoms. The van der Waals surface area contributed by atoms with Gasteiger partial charge in [-0.3, -0.25) is 46.5 Å². The summed E-state index contributed by atoms with van der Waals surface area (Å²) in [5.41, 5.74) is 0.455. The van der Waals surface area contributed by atoms with Gasteiger partial charge >= 0.3 is 0 Å². The molecule has 0 saturated heterocycles. The molecule has 0 aliphatic carbocycles. The minimum Gasteiger partial charge on any atom is -0.332 e. The van der Waals surface area contributed by atoms with E-state index in [1.807, 2.05) is 0 Å². The van der Waals surface area contributed by atoms with E-state index < -0.39 is 147 Å². The molecule has 0 aromatic heterocycles. The molecule has 87 heavy (non-hydrogen) atoms. The van der Waals surface area contributed by atoms with Crippen LogP contribution in [-0.2, 0) is 60.7 Å². The minimum atomic E-state index is -5.44. The van der Waals surface area contributed by atoms with Gasteiger partial charge in [0, 0.05) is 96.1 Å². The quantitative estimate of drug-likeness (QED) is 0.0278. The standard InChI is InChI=1S/C51H40N6O22S7.Na/c1-25-9-11-29(49(60)54-37-13-15-41(83(68,69)70)35-21-33(81(62,63)64)23-43(45(35)37)85(74,75)76)19-39(25)56-47(58)27-5-3-7-31(17-27)52-51(80)53-32-8-4-6-28(18-32)48(59)57-40-20-30(12-10-26(40)2)50(61)55-38-14-16-42(84(71,72)73)36-22-34(82(65,66)67)24-44(46(36)38)86(77,78)79;/h3-24H,1-2H3,(H,54,60)(H,55,61)(H,56,58)(H,57,59)(H2,52,53,80)(H,62,63,64)(H,65,66,67)(H,68,69,70)(H,71,72,73)(H,74,75,76)(H,77,78,79);. The Morgan fingerprint density at radius 1 is 0.345 bits per heavy atom. The molecular weight excluding hydrogens is 1300 g/mol. The average molecular weight is 1340 g/mol.